The van der Waals surface area contributed by atoms with Crippen LogP contribution in [0, 0.1) is 0 Å². The van der Waals surface area contributed by atoms with E-state index in [1.54, 1.807) is 0 Å². The maximum Gasteiger partial charge on any atom is 0.453 e. The van der Waals surface area contributed by atoms with Crippen LogP contribution in [0.15, 0.2) is 12.2 Å². The molecule has 0 aromatic carbocycles. The molecule has 0 aliphatic carbocycles. The second-order valence-electron chi connectivity index (χ2n) is 4.74. The van der Waals surface area contributed by atoms with Crippen LogP contribution in [0.3, 0.4) is 0 Å². The first-order valence-electron chi connectivity index (χ1n) is 5.63. The van der Waals surface area contributed by atoms with Crippen molar-refractivity contribution in [1.29, 1.82) is 0 Å². The van der Waals surface area contributed by atoms with Crippen LogP contribution in [0.1, 0.15) is 19.8 Å². The van der Waals surface area contributed by atoms with Crippen molar-refractivity contribution in [3.63, 3.8) is 0 Å². The van der Waals surface area contributed by atoms with Crippen LogP contribution in [0.2, 0.25) is 0 Å². The molecule has 1 atom stereocenters. The summed E-state index contributed by atoms with van der Waals surface area (Å²) in [4.78, 5) is 0. The van der Waals surface area contributed by atoms with E-state index in [0.29, 0.717) is 0 Å². The van der Waals surface area contributed by atoms with E-state index in [0.717, 1.165) is 6.92 Å². The highest BCUT2D eigenvalue weighted by Crippen LogP contribution is 2.43. The van der Waals surface area contributed by atoms with Crippen LogP contribution in [-0.4, -0.2) is 36.9 Å². The lowest BCUT2D eigenvalue weighted by atomic mass is 10.1. The molecule has 0 aromatic heterocycles. The highest BCUT2D eigenvalue weighted by Gasteiger charge is 2.62. The second-order valence-corrected chi connectivity index (χ2v) is 4.74. The molecule has 0 spiro atoms. The molecule has 0 aromatic rings. The van der Waals surface area contributed by atoms with Gasteiger partial charge in [-0.25, -0.2) is 8.78 Å². The quantitative estimate of drug-likeness (QED) is 0.457. The fraction of sp³-hybridized carbons (Fsp3) is 0.818. The highest BCUT2D eigenvalue weighted by molar-refractivity contribution is 4.93. The SMILES string of the molecule is C=C(C)CC(OCC(F)(F)CC(F)(F)C(F)(F)F)C(F)(F)F. The Morgan fingerprint density at radius 1 is 0.955 bits per heavy atom. The van der Waals surface area contributed by atoms with Crippen LogP contribution in [-0.2, 0) is 4.74 Å². The van der Waals surface area contributed by atoms with E-state index in [2.05, 4.69) is 11.3 Å². The van der Waals surface area contributed by atoms with Crippen LogP contribution >= 0.6 is 0 Å². The van der Waals surface area contributed by atoms with Crippen molar-refractivity contribution in [3.05, 3.63) is 12.2 Å². The Labute approximate surface area is 118 Å². The zero-order valence-electron chi connectivity index (χ0n) is 11.1. The van der Waals surface area contributed by atoms with Gasteiger partial charge in [-0.2, -0.15) is 35.1 Å². The molecule has 0 amide bonds. The molecule has 0 radical (unpaired) electrons. The van der Waals surface area contributed by atoms with E-state index < -0.39 is 49.8 Å². The summed E-state index contributed by atoms with van der Waals surface area (Å²) >= 11 is 0. The molecule has 0 heterocycles. The third kappa shape index (κ3) is 6.84. The molecular formula is C11H12F10O. The summed E-state index contributed by atoms with van der Waals surface area (Å²) in [5.41, 5.74) is -0.0914. The van der Waals surface area contributed by atoms with Crippen LogP contribution < -0.4 is 0 Å². The summed E-state index contributed by atoms with van der Waals surface area (Å²) in [6.07, 6.45) is -18.0. The Balaban J connectivity index is 4.87. The van der Waals surface area contributed by atoms with Gasteiger partial charge in [0.05, 0.1) is 6.42 Å². The maximum atomic E-state index is 13.0. The monoisotopic (exact) mass is 350 g/mol. The second kappa shape index (κ2) is 6.63. The summed E-state index contributed by atoms with van der Waals surface area (Å²) in [7, 11) is 0. The van der Waals surface area contributed by atoms with Crippen molar-refractivity contribution < 1.29 is 48.6 Å². The Morgan fingerprint density at radius 2 is 1.41 bits per heavy atom. The lowest BCUT2D eigenvalue weighted by Crippen LogP contribution is -2.44. The average Bonchev–Trinajstić information content (AvgIpc) is 2.18. The molecule has 132 valence electrons. The number of rotatable bonds is 7. The standard InChI is InChI=1S/C11H12F10O/c1-6(2)3-7(10(16,17)18)22-5-8(12,13)4-9(14,15)11(19,20)21/h7H,1,3-5H2,2H3. The van der Waals surface area contributed by atoms with Gasteiger partial charge in [0.15, 0.2) is 6.10 Å². The van der Waals surface area contributed by atoms with Crippen molar-refractivity contribution in [1.82, 2.24) is 0 Å². The fourth-order valence-electron chi connectivity index (χ4n) is 1.28. The van der Waals surface area contributed by atoms with Gasteiger partial charge in [0.2, 0.25) is 0 Å². The van der Waals surface area contributed by atoms with Crippen molar-refractivity contribution in [2.24, 2.45) is 0 Å². The largest absolute Gasteiger partial charge is 0.453 e. The minimum atomic E-state index is -6.24. The van der Waals surface area contributed by atoms with Crippen LogP contribution in [0.4, 0.5) is 43.9 Å². The van der Waals surface area contributed by atoms with Crippen LogP contribution in [0.25, 0.3) is 0 Å². The Morgan fingerprint density at radius 3 is 1.73 bits per heavy atom. The summed E-state index contributed by atoms with van der Waals surface area (Å²) in [6.45, 7) is 2.02. The lowest BCUT2D eigenvalue weighted by Gasteiger charge is -2.27. The lowest BCUT2D eigenvalue weighted by molar-refractivity contribution is -0.307. The van der Waals surface area contributed by atoms with Crippen molar-refractivity contribution >= 4 is 0 Å². The number of halogens is 10. The van der Waals surface area contributed by atoms with Gasteiger partial charge in [-0.3, -0.25) is 0 Å². The molecule has 0 aliphatic heterocycles. The summed E-state index contributed by atoms with van der Waals surface area (Å²) < 4.78 is 128. The minimum Gasteiger partial charge on any atom is -0.362 e. The van der Waals surface area contributed by atoms with Gasteiger partial charge in [-0.05, 0) is 6.92 Å². The zero-order chi connectivity index (χ0) is 18.0. The third-order valence-corrected chi connectivity index (χ3v) is 2.29. The predicted molar refractivity (Wildman–Crippen MR) is 55.8 cm³/mol. The molecule has 0 saturated heterocycles. The molecular weight excluding hydrogens is 338 g/mol. The first-order chi connectivity index (χ1) is 9.48. The number of hydrogen-bond donors (Lipinski definition) is 0. The smallest absolute Gasteiger partial charge is 0.362 e. The molecule has 1 nitrogen and oxygen atoms in total. The molecule has 0 saturated carbocycles. The third-order valence-electron chi connectivity index (χ3n) is 2.29. The molecule has 0 aliphatic rings. The highest BCUT2D eigenvalue weighted by atomic mass is 19.4. The van der Waals surface area contributed by atoms with Gasteiger partial charge in [0, 0.05) is 6.42 Å². The van der Waals surface area contributed by atoms with Crippen molar-refractivity contribution in [2.45, 2.75) is 50.1 Å². The Kier molecular flexibility index (Phi) is 6.33. The van der Waals surface area contributed by atoms with E-state index in [-0.39, 0.29) is 5.57 Å². The average molecular weight is 350 g/mol. The van der Waals surface area contributed by atoms with E-state index in [9.17, 15) is 43.9 Å². The Bertz CT molecular complexity index is 381. The molecule has 11 heteroatoms. The molecule has 1 unspecified atom stereocenters. The van der Waals surface area contributed by atoms with E-state index in [4.69, 9.17) is 0 Å². The first kappa shape index (κ1) is 21.0. The Hall–Kier alpha value is -1.00. The summed E-state index contributed by atoms with van der Waals surface area (Å²) in [5.74, 6) is -10.5. The minimum absolute atomic E-state index is 0.0914. The van der Waals surface area contributed by atoms with E-state index >= 15 is 0 Å². The number of alkyl halides is 10. The van der Waals surface area contributed by atoms with Gasteiger partial charge in [-0.15, -0.1) is 6.58 Å². The number of hydrogen-bond acceptors (Lipinski definition) is 1. The predicted octanol–water partition coefficient (Wildman–Crippen LogP) is 5.12. The normalized spacial score (nSPS) is 15.8. The van der Waals surface area contributed by atoms with E-state index in [1.807, 2.05) is 0 Å². The van der Waals surface area contributed by atoms with E-state index in [1.165, 1.54) is 0 Å². The van der Waals surface area contributed by atoms with Gasteiger partial charge < -0.3 is 4.74 Å². The molecule has 22 heavy (non-hydrogen) atoms. The molecule has 0 fully saturated rings. The van der Waals surface area contributed by atoms with Gasteiger partial charge in [0.25, 0.3) is 5.92 Å². The fourth-order valence-corrected chi connectivity index (χ4v) is 1.28. The zero-order valence-corrected chi connectivity index (χ0v) is 11.1. The van der Waals surface area contributed by atoms with Crippen LogP contribution in [0.5, 0.6) is 0 Å². The van der Waals surface area contributed by atoms with Gasteiger partial charge >= 0.3 is 18.3 Å². The van der Waals surface area contributed by atoms with Gasteiger partial charge in [0.1, 0.15) is 6.61 Å². The maximum absolute atomic E-state index is 13.0. The van der Waals surface area contributed by atoms with Crippen molar-refractivity contribution in [2.75, 3.05) is 6.61 Å². The number of ether oxygens (including phenoxy) is 1. The van der Waals surface area contributed by atoms with Gasteiger partial charge in [-0.1, -0.05) is 5.57 Å². The topological polar surface area (TPSA) is 9.23 Å². The summed E-state index contributed by atoms with van der Waals surface area (Å²) in [6, 6.07) is 0. The van der Waals surface area contributed by atoms with Crippen molar-refractivity contribution in [3.8, 4) is 0 Å². The first-order valence-corrected chi connectivity index (χ1v) is 5.63. The molecule has 0 rings (SSSR count). The molecule has 0 N–H and O–H groups in total. The summed E-state index contributed by atoms with van der Waals surface area (Å²) in [5, 5.41) is 0. The molecule has 0 bridgehead atoms.